The number of nitrogens with zero attached hydrogens (tertiary/aromatic N) is 2. The molecule has 2 aromatic rings. The number of aliphatic imine (C=N–C) groups is 1. The zero-order chi connectivity index (χ0) is 22.1. The zero-order valence-corrected chi connectivity index (χ0v) is 18.0. The van der Waals surface area contributed by atoms with Crippen molar-refractivity contribution in [2.75, 3.05) is 43.5 Å². The van der Waals surface area contributed by atoms with Crippen LogP contribution >= 0.6 is 0 Å². The smallest absolute Gasteiger partial charge is 0.246 e. The monoisotopic (exact) mass is 419 g/mol. The Kier molecular flexibility index (Phi) is 7.77. The summed E-state index contributed by atoms with van der Waals surface area (Å²) in [6.45, 7) is 4.47. The Morgan fingerprint density at radius 3 is 2.90 bits per heavy atom. The van der Waals surface area contributed by atoms with Crippen LogP contribution in [0.25, 0.3) is 0 Å². The molecule has 1 fully saturated rings. The average molecular weight is 420 g/mol. The van der Waals surface area contributed by atoms with E-state index in [0.717, 1.165) is 36.5 Å². The molecule has 0 saturated carbocycles. The highest BCUT2D eigenvalue weighted by atomic mass is 16.5. The SMILES string of the molecule is C#Cc1cccc(NC(=O)CN=C(NCC)NC2CCN(c3ccccc3OC)C2)c1. The molecule has 7 heteroatoms. The Hall–Kier alpha value is -3.66. The largest absolute Gasteiger partial charge is 0.495 e. The number of anilines is 2. The number of ether oxygens (including phenoxy) is 1. The molecule has 3 rings (SSSR count). The van der Waals surface area contributed by atoms with Crippen LogP contribution in [0.2, 0.25) is 0 Å². The molecule has 7 nitrogen and oxygen atoms in total. The lowest BCUT2D eigenvalue weighted by molar-refractivity contribution is -0.114. The van der Waals surface area contributed by atoms with Crippen LogP contribution in [0, 0.1) is 12.3 Å². The first kappa shape index (κ1) is 22.0. The van der Waals surface area contributed by atoms with Crippen LogP contribution in [0.4, 0.5) is 11.4 Å². The zero-order valence-electron chi connectivity index (χ0n) is 18.0. The fourth-order valence-electron chi connectivity index (χ4n) is 3.54. The third kappa shape index (κ3) is 6.16. The van der Waals surface area contributed by atoms with Crippen molar-refractivity contribution in [1.29, 1.82) is 0 Å². The quantitative estimate of drug-likeness (QED) is 0.365. The summed E-state index contributed by atoms with van der Waals surface area (Å²) < 4.78 is 5.49. The molecule has 1 aliphatic heterocycles. The van der Waals surface area contributed by atoms with Crippen molar-refractivity contribution in [1.82, 2.24) is 10.6 Å². The van der Waals surface area contributed by atoms with Crippen LogP contribution in [-0.4, -0.2) is 51.2 Å². The fourth-order valence-corrected chi connectivity index (χ4v) is 3.54. The number of benzene rings is 2. The van der Waals surface area contributed by atoms with E-state index in [0.29, 0.717) is 18.2 Å². The van der Waals surface area contributed by atoms with Gasteiger partial charge in [-0.2, -0.15) is 0 Å². The van der Waals surface area contributed by atoms with Gasteiger partial charge in [0.25, 0.3) is 0 Å². The van der Waals surface area contributed by atoms with Gasteiger partial charge in [0.05, 0.1) is 12.8 Å². The number of guanidine groups is 1. The highest BCUT2D eigenvalue weighted by Crippen LogP contribution is 2.30. The molecule has 0 aliphatic carbocycles. The molecule has 1 saturated heterocycles. The molecule has 0 radical (unpaired) electrons. The molecule has 1 atom stereocenters. The summed E-state index contributed by atoms with van der Waals surface area (Å²) >= 11 is 0. The molecule has 0 bridgehead atoms. The number of hydrogen-bond acceptors (Lipinski definition) is 4. The summed E-state index contributed by atoms with van der Waals surface area (Å²) in [7, 11) is 1.69. The maximum atomic E-state index is 12.3. The topological polar surface area (TPSA) is 78.0 Å². The molecule has 1 unspecified atom stereocenters. The second-order valence-electron chi connectivity index (χ2n) is 7.22. The minimum atomic E-state index is -0.201. The van der Waals surface area contributed by atoms with Crippen LogP contribution in [0.5, 0.6) is 5.75 Å². The third-order valence-corrected chi connectivity index (χ3v) is 4.99. The molecule has 162 valence electrons. The Bertz CT molecular complexity index is 966. The number of methoxy groups -OCH3 is 1. The summed E-state index contributed by atoms with van der Waals surface area (Å²) in [6, 6.07) is 15.4. The molecule has 1 amide bonds. The summed E-state index contributed by atoms with van der Waals surface area (Å²) in [5, 5.41) is 9.48. The number of amides is 1. The molecule has 0 spiro atoms. The van der Waals surface area contributed by atoms with Crippen molar-refractivity contribution in [3.63, 3.8) is 0 Å². The Balaban J connectivity index is 1.57. The first-order valence-electron chi connectivity index (χ1n) is 10.4. The normalized spacial score (nSPS) is 15.8. The molecular formula is C24H29N5O2. The lowest BCUT2D eigenvalue weighted by atomic mass is 10.2. The second kappa shape index (κ2) is 10.9. The van der Waals surface area contributed by atoms with E-state index < -0.39 is 0 Å². The molecule has 2 aromatic carbocycles. The molecule has 1 aliphatic rings. The summed E-state index contributed by atoms with van der Waals surface area (Å²) in [5.41, 5.74) is 2.47. The van der Waals surface area contributed by atoms with E-state index in [2.05, 4.69) is 37.8 Å². The van der Waals surface area contributed by atoms with E-state index in [4.69, 9.17) is 11.2 Å². The first-order chi connectivity index (χ1) is 15.1. The van der Waals surface area contributed by atoms with E-state index >= 15 is 0 Å². The van der Waals surface area contributed by atoms with Crippen molar-refractivity contribution in [2.24, 2.45) is 4.99 Å². The van der Waals surface area contributed by atoms with Gasteiger partial charge >= 0.3 is 0 Å². The molecule has 3 N–H and O–H groups in total. The molecular weight excluding hydrogens is 390 g/mol. The number of hydrogen-bond donors (Lipinski definition) is 3. The minimum absolute atomic E-state index is 0.0125. The maximum Gasteiger partial charge on any atom is 0.246 e. The van der Waals surface area contributed by atoms with Gasteiger partial charge in [-0.25, -0.2) is 4.99 Å². The number of terminal acetylenes is 1. The van der Waals surface area contributed by atoms with Crippen LogP contribution in [-0.2, 0) is 4.79 Å². The van der Waals surface area contributed by atoms with Crippen molar-refractivity contribution < 1.29 is 9.53 Å². The van der Waals surface area contributed by atoms with Gasteiger partial charge in [0.1, 0.15) is 12.3 Å². The third-order valence-electron chi connectivity index (χ3n) is 4.99. The van der Waals surface area contributed by atoms with Gasteiger partial charge in [-0.3, -0.25) is 4.79 Å². The predicted molar refractivity (Wildman–Crippen MR) is 126 cm³/mol. The lowest BCUT2D eigenvalue weighted by Gasteiger charge is -2.22. The van der Waals surface area contributed by atoms with Gasteiger partial charge < -0.3 is 25.6 Å². The van der Waals surface area contributed by atoms with Crippen LogP contribution in [0.15, 0.2) is 53.5 Å². The predicted octanol–water partition coefficient (Wildman–Crippen LogP) is 2.45. The van der Waals surface area contributed by atoms with Gasteiger partial charge in [-0.05, 0) is 43.7 Å². The van der Waals surface area contributed by atoms with Crippen molar-refractivity contribution >= 4 is 23.2 Å². The van der Waals surface area contributed by atoms with Crippen molar-refractivity contribution in [2.45, 2.75) is 19.4 Å². The Labute approximate surface area is 183 Å². The van der Waals surface area contributed by atoms with Gasteiger partial charge in [0.2, 0.25) is 5.91 Å². The van der Waals surface area contributed by atoms with E-state index in [1.165, 1.54) is 0 Å². The van der Waals surface area contributed by atoms with Gasteiger partial charge in [-0.1, -0.05) is 24.1 Å². The lowest BCUT2D eigenvalue weighted by Crippen LogP contribution is -2.45. The minimum Gasteiger partial charge on any atom is -0.495 e. The number of rotatable bonds is 7. The van der Waals surface area contributed by atoms with Crippen LogP contribution < -0.4 is 25.6 Å². The maximum absolute atomic E-state index is 12.3. The van der Waals surface area contributed by atoms with Gasteiger partial charge in [-0.15, -0.1) is 6.42 Å². The van der Waals surface area contributed by atoms with Crippen molar-refractivity contribution in [3.05, 3.63) is 54.1 Å². The number of carbonyl (C=O) groups is 1. The highest BCUT2D eigenvalue weighted by Gasteiger charge is 2.25. The van der Waals surface area contributed by atoms with Crippen LogP contribution in [0.1, 0.15) is 18.9 Å². The van der Waals surface area contributed by atoms with E-state index in [1.807, 2.05) is 37.3 Å². The number of nitrogens with one attached hydrogen (secondary N) is 3. The summed E-state index contributed by atoms with van der Waals surface area (Å²) in [6.07, 6.45) is 6.38. The Morgan fingerprint density at radius 2 is 2.13 bits per heavy atom. The Morgan fingerprint density at radius 1 is 1.29 bits per heavy atom. The standard InChI is InChI=1S/C24H29N5O2/c1-4-18-9-8-10-19(15-18)27-23(30)16-26-24(25-5-2)28-20-13-14-29(17-20)21-11-6-7-12-22(21)31-3/h1,6-12,15,20H,5,13-14,16-17H2,2-3H3,(H,27,30)(H2,25,26,28). The van der Waals surface area contributed by atoms with E-state index in [-0.39, 0.29) is 18.5 Å². The van der Waals surface area contributed by atoms with Crippen LogP contribution in [0.3, 0.4) is 0 Å². The highest BCUT2D eigenvalue weighted by molar-refractivity contribution is 5.94. The summed E-state index contributed by atoms with van der Waals surface area (Å²) in [5.74, 6) is 3.86. The summed E-state index contributed by atoms with van der Waals surface area (Å²) in [4.78, 5) is 19.1. The molecule has 1 heterocycles. The first-order valence-corrected chi connectivity index (χ1v) is 10.4. The van der Waals surface area contributed by atoms with Gasteiger partial charge in [0, 0.05) is 36.9 Å². The molecule has 31 heavy (non-hydrogen) atoms. The fraction of sp³-hybridized carbons (Fsp3) is 0.333. The van der Waals surface area contributed by atoms with E-state index in [1.54, 1.807) is 19.2 Å². The van der Waals surface area contributed by atoms with Gasteiger partial charge in [0.15, 0.2) is 5.96 Å². The molecule has 0 aromatic heterocycles. The number of para-hydroxylation sites is 2. The second-order valence-corrected chi connectivity index (χ2v) is 7.22. The number of carbonyl (C=O) groups excluding carboxylic acids is 1. The van der Waals surface area contributed by atoms with Crippen molar-refractivity contribution in [3.8, 4) is 18.1 Å². The average Bonchev–Trinajstić information content (AvgIpc) is 3.26. The van der Waals surface area contributed by atoms with E-state index in [9.17, 15) is 4.79 Å².